The van der Waals surface area contributed by atoms with E-state index in [-0.39, 0.29) is 6.10 Å². The van der Waals surface area contributed by atoms with Gasteiger partial charge in [-0.1, -0.05) is 18.2 Å². The minimum absolute atomic E-state index is 0.116. The summed E-state index contributed by atoms with van der Waals surface area (Å²) in [5.41, 5.74) is 0. The van der Waals surface area contributed by atoms with Crippen molar-refractivity contribution in [2.24, 2.45) is 4.99 Å². The van der Waals surface area contributed by atoms with Crippen LogP contribution >= 0.6 is 11.3 Å². The Labute approximate surface area is 171 Å². The van der Waals surface area contributed by atoms with Crippen LogP contribution in [0.2, 0.25) is 0 Å². The minimum atomic E-state index is -0.590. The summed E-state index contributed by atoms with van der Waals surface area (Å²) in [6, 6.07) is 10.2. The highest BCUT2D eigenvalue weighted by Gasteiger charge is 2.16. The number of likely N-dealkylation sites (tertiary alicyclic amines) is 1. The van der Waals surface area contributed by atoms with Gasteiger partial charge in [0.15, 0.2) is 5.96 Å². The molecule has 1 saturated heterocycles. The lowest BCUT2D eigenvalue weighted by Gasteiger charge is -2.29. The van der Waals surface area contributed by atoms with Crippen LogP contribution in [0.4, 0.5) is 0 Å². The van der Waals surface area contributed by atoms with Gasteiger partial charge in [0.25, 0.3) is 0 Å². The lowest BCUT2D eigenvalue weighted by Crippen LogP contribution is -2.40. The highest BCUT2D eigenvalue weighted by Crippen LogP contribution is 2.29. The second-order valence-corrected chi connectivity index (χ2v) is 8.39. The molecule has 0 saturated carbocycles. The van der Waals surface area contributed by atoms with Gasteiger partial charge in [-0.2, -0.15) is 0 Å². The number of hydrogen-bond acceptors (Lipinski definition) is 5. The molecular weight excluding hydrogens is 372 g/mol. The topological polar surface area (TPSA) is 80.1 Å². The van der Waals surface area contributed by atoms with Crippen molar-refractivity contribution in [2.75, 3.05) is 39.3 Å². The molecule has 0 aliphatic carbocycles. The summed E-state index contributed by atoms with van der Waals surface area (Å²) in [7, 11) is 0. The fourth-order valence-electron chi connectivity index (χ4n) is 3.43. The standard InChI is InChI=1S/C21H32N4O2S/c1-2-22-21(23-10-5-11-25-12-8-17(26)9-13-25)24-15-18(27)20-14-16-6-3-4-7-19(16)28-20/h3-4,6-7,14,17-18,26-27H,2,5,8-13,15H2,1H3,(H2,22,23,24). The summed E-state index contributed by atoms with van der Waals surface area (Å²) in [5, 5.41) is 27.9. The Morgan fingerprint density at radius 1 is 1.29 bits per heavy atom. The molecule has 4 N–H and O–H groups in total. The Balaban J connectivity index is 1.45. The molecule has 3 rings (SSSR count). The van der Waals surface area contributed by atoms with Gasteiger partial charge in [-0.05, 0) is 50.2 Å². The van der Waals surface area contributed by atoms with Crippen molar-refractivity contribution in [3.63, 3.8) is 0 Å². The molecule has 28 heavy (non-hydrogen) atoms. The summed E-state index contributed by atoms with van der Waals surface area (Å²) in [4.78, 5) is 7.92. The van der Waals surface area contributed by atoms with Crippen molar-refractivity contribution in [2.45, 2.75) is 38.4 Å². The fourth-order valence-corrected chi connectivity index (χ4v) is 4.47. The van der Waals surface area contributed by atoms with Crippen molar-refractivity contribution in [1.29, 1.82) is 0 Å². The first-order valence-corrected chi connectivity index (χ1v) is 11.1. The maximum atomic E-state index is 10.5. The molecule has 2 heterocycles. The van der Waals surface area contributed by atoms with E-state index in [1.165, 1.54) is 10.1 Å². The Morgan fingerprint density at radius 3 is 2.82 bits per heavy atom. The van der Waals surface area contributed by atoms with Gasteiger partial charge in [0.1, 0.15) is 6.10 Å². The lowest BCUT2D eigenvalue weighted by molar-refractivity contribution is 0.0822. The van der Waals surface area contributed by atoms with Gasteiger partial charge in [-0.15, -0.1) is 11.3 Å². The quantitative estimate of drug-likeness (QED) is 0.309. The van der Waals surface area contributed by atoms with E-state index in [0.29, 0.717) is 6.54 Å². The first-order valence-electron chi connectivity index (χ1n) is 10.2. The van der Waals surface area contributed by atoms with E-state index < -0.39 is 6.10 Å². The van der Waals surface area contributed by atoms with Gasteiger partial charge in [0.2, 0.25) is 0 Å². The second kappa shape index (κ2) is 10.8. The zero-order valence-electron chi connectivity index (χ0n) is 16.6. The second-order valence-electron chi connectivity index (χ2n) is 7.28. The molecule has 1 aromatic carbocycles. The van der Waals surface area contributed by atoms with Crippen LogP contribution in [-0.4, -0.2) is 66.4 Å². The Kier molecular flexibility index (Phi) is 8.09. The molecule has 7 heteroatoms. The van der Waals surface area contributed by atoms with E-state index in [9.17, 15) is 10.2 Å². The van der Waals surface area contributed by atoms with Crippen LogP contribution in [0.25, 0.3) is 10.1 Å². The Morgan fingerprint density at radius 2 is 2.07 bits per heavy atom. The van der Waals surface area contributed by atoms with Crippen LogP contribution in [0.15, 0.2) is 35.3 Å². The third kappa shape index (κ3) is 6.17. The third-order valence-corrected chi connectivity index (χ3v) is 6.26. The predicted molar refractivity (Wildman–Crippen MR) is 117 cm³/mol. The van der Waals surface area contributed by atoms with E-state index in [0.717, 1.165) is 62.8 Å². The number of benzene rings is 1. The molecule has 0 spiro atoms. The Bertz CT molecular complexity index is 723. The van der Waals surface area contributed by atoms with E-state index in [1.807, 2.05) is 19.1 Å². The number of guanidine groups is 1. The van der Waals surface area contributed by atoms with Gasteiger partial charge in [0.05, 0.1) is 12.6 Å². The van der Waals surface area contributed by atoms with E-state index >= 15 is 0 Å². The van der Waals surface area contributed by atoms with Crippen molar-refractivity contribution in [1.82, 2.24) is 15.5 Å². The number of thiophene rings is 1. The van der Waals surface area contributed by atoms with Crippen LogP contribution in [0.1, 0.15) is 37.2 Å². The van der Waals surface area contributed by atoms with Crippen LogP contribution in [0.3, 0.4) is 0 Å². The van der Waals surface area contributed by atoms with Crippen LogP contribution < -0.4 is 10.6 Å². The number of aliphatic imine (C=N–C) groups is 1. The average molecular weight is 405 g/mol. The number of hydrogen-bond donors (Lipinski definition) is 4. The van der Waals surface area contributed by atoms with Gasteiger partial charge in [-0.25, -0.2) is 0 Å². The monoisotopic (exact) mass is 404 g/mol. The highest BCUT2D eigenvalue weighted by atomic mass is 32.1. The molecule has 1 unspecified atom stereocenters. The van der Waals surface area contributed by atoms with Gasteiger partial charge in [-0.3, -0.25) is 4.99 Å². The minimum Gasteiger partial charge on any atom is -0.393 e. The van der Waals surface area contributed by atoms with Gasteiger partial charge in [0, 0.05) is 35.8 Å². The number of nitrogens with one attached hydrogen (secondary N) is 2. The number of rotatable bonds is 8. The summed E-state index contributed by atoms with van der Waals surface area (Å²) >= 11 is 1.62. The molecule has 1 aliphatic rings. The number of piperidine rings is 1. The fraction of sp³-hybridized carbons (Fsp3) is 0.571. The molecule has 1 aliphatic heterocycles. The first kappa shape index (κ1) is 21.0. The third-order valence-electron chi connectivity index (χ3n) is 5.04. The van der Waals surface area contributed by atoms with Crippen molar-refractivity contribution >= 4 is 27.4 Å². The average Bonchev–Trinajstić information content (AvgIpc) is 3.15. The molecule has 1 fully saturated rings. The maximum absolute atomic E-state index is 10.5. The predicted octanol–water partition coefficient (Wildman–Crippen LogP) is 2.34. The molecular formula is C21H32N4O2S. The van der Waals surface area contributed by atoms with Crippen LogP contribution in [-0.2, 0) is 0 Å². The molecule has 6 nitrogen and oxygen atoms in total. The SMILES string of the molecule is CCNC(=NCC(O)c1cc2ccccc2s1)NCCCN1CCC(O)CC1. The number of fused-ring (bicyclic) bond motifs is 1. The summed E-state index contributed by atoms with van der Waals surface area (Å²) in [6.45, 7) is 7.00. The zero-order chi connectivity index (χ0) is 19.8. The van der Waals surface area contributed by atoms with Gasteiger partial charge >= 0.3 is 0 Å². The highest BCUT2D eigenvalue weighted by molar-refractivity contribution is 7.19. The summed E-state index contributed by atoms with van der Waals surface area (Å²) in [6.07, 6.45) is 2.08. The first-order chi connectivity index (χ1) is 13.7. The molecule has 2 aromatic rings. The largest absolute Gasteiger partial charge is 0.393 e. The van der Waals surface area contributed by atoms with Crippen molar-refractivity contribution < 1.29 is 10.2 Å². The number of aliphatic hydroxyl groups excluding tert-OH is 2. The van der Waals surface area contributed by atoms with E-state index in [2.05, 4.69) is 38.7 Å². The van der Waals surface area contributed by atoms with E-state index in [4.69, 9.17) is 0 Å². The molecule has 0 radical (unpaired) electrons. The molecule has 1 atom stereocenters. The molecule has 0 amide bonds. The normalized spacial score (nSPS) is 17.8. The smallest absolute Gasteiger partial charge is 0.191 e. The summed E-state index contributed by atoms with van der Waals surface area (Å²) in [5.74, 6) is 0.747. The van der Waals surface area contributed by atoms with E-state index in [1.54, 1.807) is 11.3 Å². The molecule has 1 aromatic heterocycles. The van der Waals surface area contributed by atoms with Gasteiger partial charge < -0.3 is 25.7 Å². The van der Waals surface area contributed by atoms with Crippen molar-refractivity contribution in [3.05, 3.63) is 35.2 Å². The zero-order valence-corrected chi connectivity index (χ0v) is 17.4. The number of aliphatic hydroxyl groups is 2. The Hall–Kier alpha value is -1.67. The van der Waals surface area contributed by atoms with Crippen LogP contribution in [0.5, 0.6) is 0 Å². The van der Waals surface area contributed by atoms with Crippen LogP contribution in [0, 0.1) is 0 Å². The molecule has 0 bridgehead atoms. The summed E-state index contributed by atoms with van der Waals surface area (Å²) < 4.78 is 1.19. The maximum Gasteiger partial charge on any atom is 0.191 e. The number of nitrogens with zero attached hydrogens (tertiary/aromatic N) is 2. The van der Waals surface area contributed by atoms with Crippen molar-refractivity contribution in [3.8, 4) is 0 Å². The lowest BCUT2D eigenvalue weighted by atomic mass is 10.1. The molecule has 154 valence electrons.